The van der Waals surface area contributed by atoms with E-state index in [2.05, 4.69) is 26.1 Å². The maximum absolute atomic E-state index is 13.6. The molecular weight excluding hydrogens is 598 g/mol. The average Bonchev–Trinajstić information content (AvgIpc) is 3.03. The van der Waals surface area contributed by atoms with Crippen LogP contribution >= 0.6 is 0 Å². The predicted molar refractivity (Wildman–Crippen MR) is 185 cm³/mol. The van der Waals surface area contributed by atoms with E-state index in [0.717, 1.165) is 50.5 Å². The molecule has 0 aliphatic rings. The number of Topliss-reactive ketones (excluding diaryl/α,β-unsaturated/α-hetero) is 1. The number of ether oxygens (including phenoxy) is 2. The molecule has 3 atom stereocenters. The lowest BCUT2D eigenvalue weighted by atomic mass is 9.82. The summed E-state index contributed by atoms with van der Waals surface area (Å²) in [5, 5.41) is 23.8. The van der Waals surface area contributed by atoms with E-state index in [4.69, 9.17) is 9.47 Å². The number of hydrogen-bond acceptors (Lipinski definition) is 7. The van der Waals surface area contributed by atoms with Crippen LogP contribution in [0.25, 0.3) is 0 Å². The van der Waals surface area contributed by atoms with Gasteiger partial charge in [-0.2, -0.15) is 0 Å². The summed E-state index contributed by atoms with van der Waals surface area (Å²) < 4.78 is 10.7. The molecule has 9 nitrogen and oxygen atoms in total. The van der Waals surface area contributed by atoms with Crippen LogP contribution in [0.5, 0.6) is 5.75 Å². The highest BCUT2D eigenvalue weighted by Gasteiger charge is 2.46. The van der Waals surface area contributed by atoms with Crippen LogP contribution in [-0.4, -0.2) is 59.2 Å². The van der Waals surface area contributed by atoms with Gasteiger partial charge in [-0.1, -0.05) is 96.9 Å². The Morgan fingerprint density at radius 1 is 0.894 bits per heavy atom. The average molecular weight is 660 g/mol. The van der Waals surface area contributed by atoms with E-state index in [9.17, 15) is 29.4 Å². The molecule has 0 unspecified atom stereocenters. The Morgan fingerprint density at radius 2 is 1.51 bits per heavy atom. The van der Waals surface area contributed by atoms with Crippen molar-refractivity contribution in [3.8, 4) is 5.75 Å². The number of allylic oxidation sites excluding steroid dienone is 1. The Bertz CT molecular complexity index is 1080. The monoisotopic (exact) mass is 659 g/mol. The molecule has 0 spiro atoms. The molecule has 266 valence electrons. The standard InChI is InChI=1S/C38H61NO8/c1-6-8-9-12-15-18-31(40)19-16-13-10-11-14-17-20-33(38(45,26-7-2)37(43)44)35(41)39-34(36(42)46-5)28-30-21-23-32(24-22-30)47-27-25-29(3)4/h17,20-24,29,33-34,45H,6-16,18-19,25-28H2,1-5H3,(H,39,41)(H,43,44)/t33-,34+,38+/m1/s1. The summed E-state index contributed by atoms with van der Waals surface area (Å²) in [6.07, 6.45) is 15.4. The number of carboxylic acid groups (broad SMARTS) is 1. The second kappa shape index (κ2) is 24.0. The molecule has 0 saturated carbocycles. The van der Waals surface area contributed by atoms with Crippen molar-refractivity contribution in [1.29, 1.82) is 0 Å². The number of aliphatic carboxylic acids is 1. The number of carbonyl (C=O) groups excluding carboxylic acids is 3. The Morgan fingerprint density at radius 3 is 2.06 bits per heavy atom. The molecule has 1 amide bonds. The molecule has 1 aromatic rings. The molecule has 0 aromatic heterocycles. The third-order valence-corrected chi connectivity index (χ3v) is 8.39. The summed E-state index contributed by atoms with van der Waals surface area (Å²) in [7, 11) is 1.22. The van der Waals surface area contributed by atoms with E-state index >= 15 is 0 Å². The molecule has 0 aliphatic carbocycles. The largest absolute Gasteiger partial charge is 0.494 e. The number of esters is 1. The maximum Gasteiger partial charge on any atom is 0.336 e. The lowest BCUT2D eigenvalue weighted by Crippen LogP contribution is -2.54. The fraction of sp³-hybridized carbons (Fsp3) is 0.684. The van der Waals surface area contributed by atoms with E-state index in [-0.39, 0.29) is 12.8 Å². The maximum atomic E-state index is 13.6. The minimum atomic E-state index is -2.35. The van der Waals surface area contributed by atoms with Gasteiger partial charge in [0.25, 0.3) is 0 Å². The van der Waals surface area contributed by atoms with Crippen LogP contribution in [-0.2, 0) is 30.3 Å². The van der Waals surface area contributed by atoms with Crippen LogP contribution in [0.15, 0.2) is 36.4 Å². The SMILES string of the molecule is CCCCCCCC(=O)CCCCCCC=C[C@H](C(=O)N[C@@H](Cc1ccc(OCCC(C)C)cc1)C(=O)OC)[C@@](O)(CCC)C(=O)O. The molecule has 0 bridgehead atoms. The van der Waals surface area contributed by atoms with Crippen LogP contribution in [0, 0.1) is 11.8 Å². The number of ketones is 1. The molecule has 1 aromatic carbocycles. The number of carboxylic acids is 1. The Kier molecular flexibility index (Phi) is 21.4. The molecule has 0 radical (unpaired) electrons. The van der Waals surface area contributed by atoms with Gasteiger partial charge in [0.1, 0.15) is 17.6 Å². The number of benzene rings is 1. The van der Waals surface area contributed by atoms with Gasteiger partial charge in [-0.25, -0.2) is 9.59 Å². The Balaban J connectivity index is 2.82. The summed E-state index contributed by atoms with van der Waals surface area (Å²) in [5.41, 5.74) is -1.60. The smallest absolute Gasteiger partial charge is 0.336 e. The quantitative estimate of drug-likeness (QED) is 0.0506. The van der Waals surface area contributed by atoms with Crippen LogP contribution in [0.3, 0.4) is 0 Å². The van der Waals surface area contributed by atoms with E-state index in [1.54, 1.807) is 37.3 Å². The zero-order valence-electron chi connectivity index (χ0n) is 29.6. The molecule has 0 fully saturated rings. The first-order valence-corrected chi connectivity index (χ1v) is 17.7. The number of nitrogens with one attached hydrogen (secondary N) is 1. The van der Waals surface area contributed by atoms with Crippen molar-refractivity contribution >= 4 is 23.6 Å². The van der Waals surface area contributed by atoms with Crippen molar-refractivity contribution in [3.05, 3.63) is 42.0 Å². The number of aliphatic hydroxyl groups is 1. The van der Waals surface area contributed by atoms with Crippen LogP contribution in [0.4, 0.5) is 0 Å². The van der Waals surface area contributed by atoms with Gasteiger partial charge in [-0.15, -0.1) is 0 Å². The lowest BCUT2D eigenvalue weighted by molar-refractivity contribution is -0.167. The van der Waals surface area contributed by atoms with E-state index in [1.807, 2.05) is 0 Å². The van der Waals surface area contributed by atoms with Crippen molar-refractivity contribution < 1.29 is 38.9 Å². The normalized spacial score (nSPS) is 14.0. The van der Waals surface area contributed by atoms with Crippen molar-refractivity contribution in [2.75, 3.05) is 13.7 Å². The summed E-state index contributed by atoms with van der Waals surface area (Å²) in [6, 6.07) is 6.12. The van der Waals surface area contributed by atoms with Crippen molar-refractivity contribution in [2.24, 2.45) is 11.8 Å². The van der Waals surface area contributed by atoms with Gasteiger partial charge in [0, 0.05) is 19.3 Å². The predicted octanol–water partition coefficient (Wildman–Crippen LogP) is 7.37. The highest BCUT2D eigenvalue weighted by atomic mass is 16.5. The zero-order valence-corrected chi connectivity index (χ0v) is 29.6. The van der Waals surface area contributed by atoms with Gasteiger partial charge in [0.2, 0.25) is 5.91 Å². The van der Waals surface area contributed by atoms with E-state index in [1.165, 1.54) is 32.4 Å². The molecule has 0 heterocycles. The second-order valence-electron chi connectivity index (χ2n) is 13.0. The second-order valence-corrected chi connectivity index (χ2v) is 13.0. The Hall–Kier alpha value is -3.20. The summed E-state index contributed by atoms with van der Waals surface area (Å²) in [6.45, 7) is 8.75. The van der Waals surface area contributed by atoms with Gasteiger partial charge in [0.15, 0.2) is 5.60 Å². The molecule has 1 rings (SSSR count). The minimum absolute atomic E-state index is 0.113. The number of unbranched alkanes of at least 4 members (excludes halogenated alkanes) is 8. The van der Waals surface area contributed by atoms with Gasteiger partial charge in [0.05, 0.1) is 19.6 Å². The fourth-order valence-corrected chi connectivity index (χ4v) is 5.43. The molecule has 0 aliphatic heterocycles. The van der Waals surface area contributed by atoms with Gasteiger partial charge in [-0.05, 0) is 62.1 Å². The van der Waals surface area contributed by atoms with Crippen molar-refractivity contribution in [1.82, 2.24) is 5.32 Å². The topological polar surface area (TPSA) is 139 Å². The molecule has 0 saturated heterocycles. The fourth-order valence-electron chi connectivity index (χ4n) is 5.43. The third kappa shape index (κ3) is 17.0. The number of amides is 1. The first-order valence-electron chi connectivity index (χ1n) is 17.7. The summed E-state index contributed by atoms with van der Waals surface area (Å²) in [4.78, 5) is 50.6. The van der Waals surface area contributed by atoms with Gasteiger partial charge >= 0.3 is 11.9 Å². The first-order chi connectivity index (χ1) is 22.5. The van der Waals surface area contributed by atoms with Gasteiger partial charge in [-0.3, -0.25) is 9.59 Å². The van der Waals surface area contributed by atoms with E-state index in [0.29, 0.717) is 49.7 Å². The van der Waals surface area contributed by atoms with E-state index < -0.39 is 35.4 Å². The van der Waals surface area contributed by atoms with Crippen LogP contribution in [0.2, 0.25) is 0 Å². The van der Waals surface area contributed by atoms with Crippen LogP contribution < -0.4 is 10.1 Å². The molecule has 3 N–H and O–H groups in total. The zero-order chi connectivity index (χ0) is 35.1. The molecule has 9 heteroatoms. The third-order valence-electron chi connectivity index (χ3n) is 8.39. The number of hydrogen-bond donors (Lipinski definition) is 3. The minimum Gasteiger partial charge on any atom is -0.494 e. The molecule has 47 heavy (non-hydrogen) atoms. The number of methoxy groups -OCH3 is 1. The summed E-state index contributed by atoms with van der Waals surface area (Å²) in [5.74, 6) is -2.81. The van der Waals surface area contributed by atoms with Crippen molar-refractivity contribution in [3.63, 3.8) is 0 Å². The molecular formula is C38H61NO8. The summed E-state index contributed by atoms with van der Waals surface area (Å²) >= 11 is 0. The first kappa shape index (κ1) is 41.8. The lowest BCUT2D eigenvalue weighted by Gasteiger charge is -2.30. The van der Waals surface area contributed by atoms with Crippen molar-refractivity contribution in [2.45, 2.75) is 142 Å². The highest BCUT2D eigenvalue weighted by Crippen LogP contribution is 2.27. The number of rotatable bonds is 27. The highest BCUT2D eigenvalue weighted by molar-refractivity contribution is 5.92. The van der Waals surface area contributed by atoms with Crippen LogP contribution in [0.1, 0.15) is 130 Å². The van der Waals surface area contributed by atoms with Gasteiger partial charge < -0.3 is 25.0 Å². The number of carbonyl (C=O) groups is 4. The Labute approximate surface area is 282 Å².